The molecule has 49 heavy (non-hydrogen) atoms. The van der Waals surface area contributed by atoms with Gasteiger partial charge in [-0.1, -0.05) is 53.8 Å². The lowest BCUT2D eigenvalue weighted by Gasteiger charge is -2.25. The number of nitro benzene ring substituents is 1. The fraction of sp³-hybridized carbons (Fsp3) is 0.162. The molecule has 6 rings (SSSR count). The number of non-ortho nitro benzene ring substituents is 1. The topological polar surface area (TPSA) is 134 Å². The predicted octanol–water partition coefficient (Wildman–Crippen LogP) is 5.77. The van der Waals surface area contributed by atoms with Crippen molar-refractivity contribution in [2.24, 2.45) is 4.99 Å². The maximum Gasteiger partial charge on any atom is 0.271 e. The Kier molecular flexibility index (Phi) is 9.67. The molecule has 1 aromatic heterocycles. The number of carbonyl (C=O) groups excluding carboxylic acids is 1. The first kappa shape index (κ1) is 32.9. The molecule has 248 valence electrons. The number of benzene rings is 4. The average Bonchev–Trinajstić information content (AvgIpc) is 3.41. The van der Waals surface area contributed by atoms with Crippen molar-refractivity contribution in [1.82, 2.24) is 4.57 Å². The van der Waals surface area contributed by atoms with Crippen LogP contribution in [-0.2, 0) is 11.4 Å². The van der Waals surface area contributed by atoms with E-state index in [4.69, 9.17) is 19.2 Å². The molecule has 0 unspecified atom stereocenters. The highest BCUT2D eigenvalue weighted by Crippen LogP contribution is 2.34. The second-order valence-electron chi connectivity index (χ2n) is 11.0. The van der Waals surface area contributed by atoms with Gasteiger partial charge in [-0.25, -0.2) is 4.99 Å². The Morgan fingerprint density at radius 2 is 1.73 bits per heavy atom. The summed E-state index contributed by atoms with van der Waals surface area (Å²) in [6.07, 6.45) is 1.72. The summed E-state index contributed by atoms with van der Waals surface area (Å²) in [5.41, 5.74) is 3.14. The SMILES string of the molecule is CCOc1ccc([C@@H]2C(C(=O)Nc3ccccc3)=C(C)N=c3s/c(=C\c4cccc(OC)c4OCc4ccc([N+](=O)[O-])cc4)c(=O)n32)cc1. The van der Waals surface area contributed by atoms with Gasteiger partial charge in [-0.15, -0.1) is 0 Å². The van der Waals surface area contributed by atoms with Crippen LogP contribution in [0.2, 0.25) is 0 Å². The van der Waals surface area contributed by atoms with Crippen LogP contribution in [0.5, 0.6) is 17.2 Å². The van der Waals surface area contributed by atoms with Gasteiger partial charge in [0, 0.05) is 23.4 Å². The van der Waals surface area contributed by atoms with Gasteiger partial charge in [0.15, 0.2) is 16.3 Å². The minimum absolute atomic E-state index is 0.0170. The lowest BCUT2D eigenvalue weighted by molar-refractivity contribution is -0.384. The Labute approximate surface area is 285 Å². The van der Waals surface area contributed by atoms with Gasteiger partial charge in [0.2, 0.25) is 0 Å². The molecule has 0 radical (unpaired) electrons. The summed E-state index contributed by atoms with van der Waals surface area (Å²) in [5.74, 6) is 1.16. The maximum absolute atomic E-state index is 14.3. The van der Waals surface area contributed by atoms with Gasteiger partial charge in [0.25, 0.3) is 17.2 Å². The van der Waals surface area contributed by atoms with E-state index >= 15 is 0 Å². The number of hydrogen-bond acceptors (Lipinski definition) is 9. The Balaban J connectivity index is 1.42. The van der Waals surface area contributed by atoms with Crippen LogP contribution < -0.4 is 34.4 Å². The maximum atomic E-state index is 14.3. The van der Waals surface area contributed by atoms with E-state index in [1.54, 1.807) is 60.0 Å². The molecule has 5 aromatic rings. The highest BCUT2D eigenvalue weighted by Gasteiger charge is 2.32. The van der Waals surface area contributed by atoms with Gasteiger partial charge < -0.3 is 19.5 Å². The number of anilines is 1. The molecule has 1 amide bonds. The highest BCUT2D eigenvalue weighted by atomic mass is 32.1. The highest BCUT2D eigenvalue weighted by molar-refractivity contribution is 7.07. The smallest absolute Gasteiger partial charge is 0.271 e. The van der Waals surface area contributed by atoms with Crippen LogP contribution in [0.1, 0.15) is 36.6 Å². The number of hydrogen-bond donors (Lipinski definition) is 1. The van der Waals surface area contributed by atoms with E-state index in [0.29, 0.717) is 61.3 Å². The van der Waals surface area contributed by atoms with Gasteiger partial charge in [0.05, 0.1) is 40.5 Å². The summed E-state index contributed by atoms with van der Waals surface area (Å²) < 4.78 is 19.3. The van der Waals surface area contributed by atoms with Crippen molar-refractivity contribution in [2.45, 2.75) is 26.5 Å². The first-order chi connectivity index (χ1) is 23.8. The summed E-state index contributed by atoms with van der Waals surface area (Å²) in [6.45, 7) is 4.28. The van der Waals surface area contributed by atoms with E-state index in [9.17, 15) is 19.7 Å². The number of rotatable bonds is 11. The molecule has 0 aliphatic carbocycles. The second-order valence-corrected chi connectivity index (χ2v) is 12.0. The van der Waals surface area contributed by atoms with Crippen molar-refractivity contribution in [3.63, 3.8) is 0 Å². The standard InChI is InChI=1S/C37H32N4O7S/c1-4-47-29-19-15-25(16-20-29)33-32(35(42)39-27-10-6-5-7-11-27)23(2)38-37-40(33)36(43)31(49-37)21-26-9-8-12-30(46-3)34(26)48-22-24-13-17-28(18-14-24)41(44)45/h5-21,33H,4,22H2,1-3H3,(H,39,42)/b31-21-/t33-/m1/s1. The van der Waals surface area contributed by atoms with Crippen LogP contribution in [-0.4, -0.2) is 29.1 Å². The molecule has 2 heterocycles. The van der Waals surface area contributed by atoms with Crippen LogP contribution >= 0.6 is 11.3 Å². The first-order valence-electron chi connectivity index (χ1n) is 15.4. The molecule has 1 aliphatic rings. The Morgan fingerprint density at radius 3 is 2.41 bits per heavy atom. The Morgan fingerprint density at radius 1 is 1.00 bits per heavy atom. The normalized spacial score (nSPS) is 14.1. The van der Waals surface area contributed by atoms with E-state index in [-0.39, 0.29) is 23.8 Å². The number of aromatic nitrogens is 1. The number of carbonyl (C=O) groups is 1. The number of methoxy groups -OCH3 is 1. The second kappa shape index (κ2) is 14.4. The number of nitrogens with zero attached hydrogens (tertiary/aromatic N) is 3. The molecule has 0 saturated carbocycles. The van der Waals surface area contributed by atoms with Crippen LogP contribution in [0.25, 0.3) is 6.08 Å². The number of thiazole rings is 1. The molecule has 1 N–H and O–H groups in total. The summed E-state index contributed by atoms with van der Waals surface area (Å²) >= 11 is 1.21. The first-order valence-corrected chi connectivity index (χ1v) is 16.2. The fourth-order valence-electron chi connectivity index (χ4n) is 5.53. The molecule has 0 bridgehead atoms. The number of allylic oxidation sites excluding steroid dienone is 1. The van der Waals surface area contributed by atoms with Crippen molar-refractivity contribution in [3.05, 3.63) is 155 Å². The van der Waals surface area contributed by atoms with Crippen molar-refractivity contribution in [3.8, 4) is 17.2 Å². The van der Waals surface area contributed by atoms with E-state index in [1.807, 2.05) is 49.4 Å². The molecule has 0 fully saturated rings. The van der Waals surface area contributed by atoms with Crippen LogP contribution in [0.15, 0.2) is 118 Å². The molecule has 1 aliphatic heterocycles. The largest absolute Gasteiger partial charge is 0.494 e. The Bertz CT molecular complexity index is 2230. The van der Waals surface area contributed by atoms with Crippen molar-refractivity contribution >= 4 is 34.7 Å². The van der Waals surface area contributed by atoms with Crippen LogP contribution in [0, 0.1) is 10.1 Å². The average molecular weight is 677 g/mol. The summed E-state index contributed by atoms with van der Waals surface area (Å²) in [6, 6.07) is 27.1. The van der Waals surface area contributed by atoms with E-state index in [0.717, 1.165) is 5.56 Å². The van der Waals surface area contributed by atoms with Gasteiger partial charge in [-0.2, -0.15) is 0 Å². The number of fused-ring (bicyclic) bond motifs is 1. The van der Waals surface area contributed by atoms with Gasteiger partial charge in [-0.3, -0.25) is 24.3 Å². The molecular weight excluding hydrogens is 644 g/mol. The van der Waals surface area contributed by atoms with E-state index in [1.165, 1.54) is 30.6 Å². The van der Waals surface area contributed by atoms with Crippen molar-refractivity contribution < 1.29 is 23.9 Å². The monoisotopic (exact) mass is 676 g/mol. The van der Waals surface area contributed by atoms with Crippen LogP contribution in [0.3, 0.4) is 0 Å². The molecule has 4 aromatic carbocycles. The number of para-hydroxylation sites is 2. The Hall–Kier alpha value is -6.01. The zero-order valence-corrected chi connectivity index (χ0v) is 27.7. The zero-order valence-electron chi connectivity index (χ0n) is 26.9. The third kappa shape index (κ3) is 6.99. The molecular formula is C37H32N4O7S. The quantitative estimate of drug-likeness (QED) is 0.139. The molecule has 12 heteroatoms. The minimum atomic E-state index is -0.763. The third-order valence-electron chi connectivity index (χ3n) is 7.85. The fourth-order valence-corrected chi connectivity index (χ4v) is 6.57. The lowest BCUT2D eigenvalue weighted by atomic mass is 9.95. The lowest BCUT2D eigenvalue weighted by Crippen LogP contribution is -2.40. The number of ether oxygens (including phenoxy) is 3. The van der Waals surface area contributed by atoms with Gasteiger partial charge >= 0.3 is 0 Å². The van der Waals surface area contributed by atoms with Crippen LogP contribution in [0.4, 0.5) is 11.4 Å². The van der Waals surface area contributed by atoms with Gasteiger partial charge in [-0.05, 0) is 73.5 Å². The molecule has 0 saturated heterocycles. The number of nitrogens with one attached hydrogen (secondary N) is 1. The van der Waals surface area contributed by atoms with Crippen molar-refractivity contribution in [2.75, 3.05) is 19.0 Å². The number of amides is 1. The third-order valence-corrected chi connectivity index (χ3v) is 8.83. The zero-order chi connectivity index (χ0) is 34.5. The van der Waals surface area contributed by atoms with Gasteiger partial charge in [0.1, 0.15) is 12.4 Å². The predicted molar refractivity (Wildman–Crippen MR) is 187 cm³/mol. The molecule has 1 atom stereocenters. The van der Waals surface area contributed by atoms with E-state index < -0.39 is 11.0 Å². The summed E-state index contributed by atoms with van der Waals surface area (Å²) in [5, 5.41) is 14.0. The molecule has 0 spiro atoms. The van der Waals surface area contributed by atoms with E-state index in [2.05, 4.69) is 5.32 Å². The number of nitro groups is 1. The summed E-state index contributed by atoms with van der Waals surface area (Å²) in [7, 11) is 1.52. The van der Waals surface area contributed by atoms with Crippen molar-refractivity contribution in [1.29, 1.82) is 0 Å². The minimum Gasteiger partial charge on any atom is -0.494 e. The summed E-state index contributed by atoms with van der Waals surface area (Å²) in [4.78, 5) is 44.0. The molecule has 11 nitrogen and oxygen atoms in total.